The molecule has 0 saturated heterocycles. The van der Waals surface area contributed by atoms with E-state index in [2.05, 4.69) is 4.98 Å². The summed E-state index contributed by atoms with van der Waals surface area (Å²) in [5.41, 5.74) is 0.714. The van der Waals surface area contributed by atoms with E-state index < -0.39 is 17.5 Å². The molecule has 0 atom stereocenters. The smallest absolute Gasteiger partial charge is 0.294 e. The van der Waals surface area contributed by atoms with Crippen molar-refractivity contribution in [1.29, 1.82) is 0 Å². The molecular formula is C13H13FN2O3. The van der Waals surface area contributed by atoms with Crippen molar-refractivity contribution in [2.24, 2.45) is 0 Å². The third kappa shape index (κ3) is 2.48. The molecule has 5 nitrogen and oxygen atoms in total. The van der Waals surface area contributed by atoms with Gasteiger partial charge >= 0.3 is 0 Å². The highest BCUT2D eigenvalue weighted by molar-refractivity contribution is 6.44. The van der Waals surface area contributed by atoms with Crippen LogP contribution in [0.4, 0.5) is 4.39 Å². The highest BCUT2D eigenvalue weighted by Crippen LogP contribution is 2.20. The Hall–Kier alpha value is -2.21. The molecule has 0 spiro atoms. The molecule has 0 aliphatic heterocycles. The van der Waals surface area contributed by atoms with Crippen molar-refractivity contribution >= 4 is 22.6 Å². The molecule has 1 aromatic heterocycles. The summed E-state index contributed by atoms with van der Waals surface area (Å²) in [5.74, 6) is -1.94. The van der Waals surface area contributed by atoms with Gasteiger partial charge in [0.2, 0.25) is 0 Å². The molecule has 1 heterocycles. The number of aliphatic hydroxyl groups excluding tert-OH is 1. The van der Waals surface area contributed by atoms with Gasteiger partial charge in [0.05, 0.1) is 12.2 Å². The van der Waals surface area contributed by atoms with Crippen LogP contribution in [0.5, 0.6) is 0 Å². The Labute approximate surface area is 108 Å². The highest BCUT2D eigenvalue weighted by atomic mass is 19.1. The summed E-state index contributed by atoms with van der Waals surface area (Å²) in [6, 6.07) is 3.98. The lowest BCUT2D eigenvalue weighted by Gasteiger charge is -2.13. The molecule has 2 N–H and O–H groups in total. The van der Waals surface area contributed by atoms with Crippen LogP contribution in [0.15, 0.2) is 24.4 Å². The van der Waals surface area contributed by atoms with Crippen LogP contribution in [0.3, 0.4) is 0 Å². The zero-order valence-corrected chi connectivity index (χ0v) is 10.3. The summed E-state index contributed by atoms with van der Waals surface area (Å²) < 4.78 is 13.2. The molecule has 0 aliphatic rings. The first-order valence-corrected chi connectivity index (χ1v) is 5.72. The van der Waals surface area contributed by atoms with E-state index in [-0.39, 0.29) is 18.7 Å². The maximum absolute atomic E-state index is 13.2. The second-order valence-corrected chi connectivity index (χ2v) is 4.17. The first-order chi connectivity index (χ1) is 9.04. The number of aromatic nitrogens is 1. The second kappa shape index (κ2) is 5.19. The molecule has 0 aliphatic carbocycles. The minimum absolute atomic E-state index is 0.0707. The van der Waals surface area contributed by atoms with Crippen LogP contribution in [0.2, 0.25) is 0 Å². The first kappa shape index (κ1) is 13.2. The molecule has 100 valence electrons. The van der Waals surface area contributed by atoms with Crippen molar-refractivity contribution in [2.75, 3.05) is 20.2 Å². The Kier molecular flexibility index (Phi) is 3.62. The zero-order valence-electron chi connectivity index (χ0n) is 10.3. The van der Waals surface area contributed by atoms with Crippen molar-refractivity contribution in [2.45, 2.75) is 0 Å². The lowest BCUT2D eigenvalue weighted by Crippen LogP contribution is -2.35. The van der Waals surface area contributed by atoms with Crippen LogP contribution in [0, 0.1) is 5.82 Å². The standard InChI is InChI=1S/C13H13FN2O3/c1-16(4-5-17)13(19)12(18)10-7-15-11-3-2-8(14)6-9(10)11/h2-3,6-7,15,17H,4-5H2,1H3. The number of benzene rings is 1. The monoisotopic (exact) mass is 264 g/mol. The van der Waals surface area contributed by atoms with Gasteiger partial charge in [-0.05, 0) is 18.2 Å². The van der Waals surface area contributed by atoms with Crippen LogP contribution in [-0.4, -0.2) is 46.9 Å². The average molecular weight is 264 g/mol. The fourth-order valence-corrected chi connectivity index (χ4v) is 1.82. The number of hydrogen-bond donors (Lipinski definition) is 2. The summed E-state index contributed by atoms with van der Waals surface area (Å²) in [4.78, 5) is 27.8. The van der Waals surface area contributed by atoms with Gasteiger partial charge in [-0.1, -0.05) is 0 Å². The van der Waals surface area contributed by atoms with E-state index >= 15 is 0 Å². The van der Waals surface area contributed by atoms with Crippen molar-refractivity contribution in [3.8, 4) is 0 Å². The van der Waals surface area contributed by atoms with Crippen LogP contribution < -0.4 is 0 Å². The van der Waals surface area contributed by atoms with Crippen LogP contribution in [0.1, 0.15) is 10.4 Å². The van der Waals surface area contributed by atoms with Gasteiger partial charge in [-0.2, -0.15) is 0 Å². The summed E-state index contributed by atoms with van der Waals surface area (Å²) in [7, 11) is 1.42. The number of rotatable bonds is 4. The zero-order chi connectivity index (χ0) is 14.0. The fourth-order valence-electron chi connectivity index (χ4n) is 1.82. The molecule has 0 saturated carbocycles. The Morgan fingerprint density at radius 3 is 2.84 bits per heavy atom. The highest BCUT2D eigenvalue weighted by Gasteiger charge is 2.23. The summed E-state index contributed by atoms with van der Waals surface area (Å²) >= 11 is 0. The normalized spacial score (nSPS) is 10.7. The Morgan fingerprint density at radius 2 is 2.16 bits per heavy atom. The largest absolute Gasteiger partial charge is 0.395 e. The van der Waals surface area contributed by atoms with Gasteiger partial charge in [-0.25, -0.2) is 4.39 Å². The lowest BCUT2D eigenvalue weighted by molar-refractivity contribution is -0.125. The number of carbonyl (C=O) groups excluding carboxylic acids is 2. The second-order valence-electron chi connectivity index (χ2n) is 4.17. The van der Waals surface area contributed by atoms with E-state index in [0.29, 0.717) is 10.9 Å². The molecule has 0 fully saturated rings. The van der Waals surface area contributed by atoms with E-state index in [1.807, 2.05) is 0 Å². The Bertz CT molecular complexity index is 636. The van der Waals surface area contributed by atoms with Crippen LogP contribution >= 0.6 is 0 Å². The topological polar surface area (TPSA) is 73.4 Å². The van der Waals surface area contributed by atoms with Crippen LogP contribution in [-0.2, 0) is 4.79 Å². The molecular weight excluding hydrogens is 251 g/mol. The molecule has 2 aromatic rings. The van der Waals surface area contributed by atoms with Crippen molar-refractivity contribution in [3.63, 3.8) is 0 Å². The molecule has 1 amide bonds. The number of nitrogens with zero attached hydrogens (tertiary/aromatic N) is 1. The number of aromatic amines is 1. The van der Waals surface area contributed by atoms with Gasteiger partial charge in [-0.3, -0.25) is 9.59 Å². The maximum atomic E-state index is 13.2. The minimum atomic E-state index is -0.737. The number of amides is 1. The quantitative estimate of drug-likeness (QED) is 0.637. The van der Waals surface area contributed by atoms with Crippen molar-refractivity contribution < 1.29 is 19.1 Å². The van der Waals surface area contributed by atoms with Crippen LogP contribution in [0.25, 0.3) is 10.9 Å². The van der Waals surface area contributed by atoms with Gasteiger partial charge in [0.25, 0.3) is 11.7 Å². The van der Waals surface area contributed by atoms with E-state index in [1.54, 1.807) is 0 Å². The van der Waals surface area contributed by atoms with Gasteiger partial charge < -0.3 is 15.0 Å². The number of ketones is 1. The number of fused-ring (bicyclic) bond motifs is 1. The summed E-state index contributed by atoms with van der Waals surface area (Å²) in [5, 5.41) is 9.12. The minimum Gasteiger partial charge on any atom is -0.395 e. The lowest BCUT2D eigenvalue weighted by atomic mass is 10.1. The van der Waals surface area contributed by atoms with Crippen molar-refractivity contribution in [1.82, 2.24) is 9.88 Å². The third-order valence-corrected chi connectivity index (χ3v) is 2.86. The molecule has 1 aromatic carbocycles. The number of nitrogens with one attached hydrogen (secondary N) is 1. The summed E-state index contributed by atoms with van der Waals surface area (Å²) in [6.45, 7) is -0.153. The number of Topliss-reactive ketones (excluding diaryl/α,β-unsaturated/α-hetero) is 1. The predicted octanol–water partition coefficient (Wildman–Crippen LogP) is 0.940. The number of hydrogen-bond acceptors (Lipinski definition) is 3. The third-order valence-electron chi connectivity index (χ3n) is 2.86. The molecule has 0 bridgehead atoms. The average Bonchev–Trinajstić information content (AvgIpc) is 2.80. The van der Waals surface area contributed by atoms with E-state index in [9.17, 15) is 14.0 Å². The Balaban J connectivity index is 2.36. The van der Waals surface area contributed by atoms with Gasteiger partial charge in [0, 0.05) is 30.7 Å². The van der Waals surface area contributed by atoms with E-state index in [1.165, 1.54) is 31.4 Å². The number of H-pyrrole nitrogens is 1. The van der Waals surface area contributed by atoms with E-state index in [0.717, 1.165) is 4.90 Å². The molecule has 0 unspecified atom stereocenters. The first-order valence-electron chi connectivity index (χ1n) is 5.72. The molecule has 19 heavy (non-hydrogen) atoms. The van der Waals surface area contributed by atoms with Gasteiger partial charge in [0.1, 0.15) is 5.82 Å². The molecule has 6 heteroatoms. The predicted molar refractivity (Wildman–Crippen MR) is 67.3 cm³/mol. The number of likely N-dealkylation sites (N-methyl/N-ethyl adjacent to an activating group) is 1. The molecule has 2 rings (SSSR count). The van der Waals surface area contributed by atoms with Gasteiger partial charge in [-0.15, -0.1) is 0 Å². The Morgan fingerprint density at radius 1 is 1.42 bits per heavy atom. The summed E-state index contributed by atoms with van der Waals surface area (Å²) in [6.07, 6.45) is 1.39. The number of carbonyl (C=O) groups is 2. The molecule has 0 radical (unpaired) electrons. The van der Waals surface area contributed by atoms with Crippen molar-refractivity contribution in [3.05, 3.63) is 35.8 Å². The maximum Gasteiger partial charge on any atom is 0.294 e. The number of halogens is 1. The number of aliphatic hydroxyl groups is 1. The van der Waals surface area contributed by atoms with Gasteiger partial charge in [0.15, 0.2) is 0 Å². The van der Waals surface area contributed by atoms with E-state index in [4.69, 9.17) is 5.11 Å². The fraction of sp³-hybridized carbons (Fsp3) is 0.231. The SMILES string of the molecule is CN(CCO)C(=O)C(=O)c1c[nH]c2ccc(F)cc12.